The number of carbonyl (C=O) groups excluding carboxylic acids is 2. The maximum absolute atomic E-state index is 13.4. The second-order valence-electron chi connectivity index (χ2n) is 8.65. The van der Waals surface area contributed by atoms with Crippen molar-refractivity contribution in [2.75, 3.05) is 13.2 Å². The molecule has 0 heterocycles. The summed E-state index contributed by atoms with van der Waals surface area (Å²) >= 11 is 3.55. The maximum atomic E-state index is 13.4. The predicted molar refractivity (Wildman–Crippen MR) is 137 cm³/mol. The first kappa shape index (κ1) is 26.9. The van der Waals surface area contributed by atoms with Crippen LogP contribution in [0.5, 0.6) is 5.75 Å². The summed E-state index contributed by atoms with van der Waals surface area (Å²) in [5, 5.41) is 2.99. The Morgan fingerprint density at radius 3 is 2.45 bits per heavy atom. The van der Waals surface area contributed by atoms with Gasteiger partial charge in [0.25, 0.3) is 5.91 Å². The third-order valence-corrected chi connectivity index (χ3v) is 6.41. The highest BCUT2D eigenvalue weighted by Gasteiger charge is 2.29. The molecule has 0 spiro atoms. The summed E-state index contributed by atoms with van der Waals surface area (Å²) in [5.74, 6) is 0.688. The van der Waals surface area contributed by atoms with Crippen LogP contribution in [-0.4, -0.2) is 35.9 Å². The normalized spacial score (nSPS) is 11.8. The van der Waals surface area contributed by atoms with Gasteiger partial charge in [-0.1, -0.05) is 64.4 Å². The van der Waals surface area contributed by atoms with E-state index in [1.165, 1.54) is 5.56 Å². The molecule has 0 radical (unpaired) electrons. The van der Waals surface area contributed by atoms with Gasteiger partial charge in [0, 0.05) is 13.1 Å². The Kier molecular flexibility index (Phi) is 10.9. The lowest BCUT2D eigenvalue weighted by Gasteiger charge is -2.31. The summed E-state index contributed by atoms with van der Waals surface area (Å²) in [4.78, 5) is 28.0. The van der Waals surface area contributed by atoms with Gasteiger partial charge >= 0.3 is 0 Å². The summed E-state index contributed by atoms with van der Waals surface area (Å²) in [6.07, 6.45) is 2.45. The van der Waals surface area contributed by atoms with Crippen LogP contribution in [0.15, 0.2) is 46.9 Å². The van der Waals surface area contributed by atoms with Gasteiger partial charge in [-0.25, -0.2) is 0 Å². The zero-order valence-electron chi connectivity index (χ0n) is 20.5. The quantitative estimate of drug-likeness (QED) is 0.352. The zero-order valence-corrected chi connectivity index (χ0v) is 22.1. The van der Waals surface area contributed by atoms with E-state index in [9.17, 15) is 9.59 Å². The van der Waals surface area contributed by atoms with Crippen molar-refractivity contribution >= 4 is 27.7 Å². The van der Waals surface area contributed by atoms with Gasteiger partial charge in [0.15, 0.2) is 6.61 Å². The minimum absolute atomic E-state index is 0.115. The molecule has 0 fully saturated rings. The van der Waals surface area contributed by atoms with Gasteiger partial charge in [-0.15, -0.1) is 0 Å². The lowest BCUT2D eigenvalue weighted by Crippen LogP contribution is -2.50. The number of carbonyl (C=O) groups is 2. The molecule has 180 valence electrons. The number of nitrogens with one attached hydrogen (secondary N) is 1. The van der Waals surface area contributed by atoms with Crippen molar-refractivity contribution in [1.29, 1.82) is 0 Å². The van der Waals surface area contributed by atoms with Gasteiger partial charge in [0.05, 0.1) is 4.47 Å². The van der Waals surface area contributed by atoms with Crippen LogP contribution in [0.3, 0.4) is 0 Å². The van der Waals surface area contributed by atoms with Crippen LogP contribution in [0.25, 0.3) is 0 Å². The molecule has 0 aliphatic carbocycles. The number of unbranched alkanes of at least 4 members (excludes halogenated alkanes) is 1. The molecule has 0 saturated carbocycles. The zero-order chi connectivity index (χ0) is 24.4. The van der Waals surface area contributed by atoms with Gasteiger partial charge in [-0.2, -0.15) is 0 Å². The molecule has 0 aliphatic heterocycles. The van der Waals surface area contributed by atoms with Gasteiger partial charge in [0.2, 0.25) is 5.91 Å². The molecule has 1 atom stereocenters. The van der Waals surface area contributed by atoms with Gasteiger partial charge in [0.1, 0.15) is 11.8 Å². The Labute approximate surface area is 207 Å². The molecule has 0 aromatic heterocycles. The molecule has 0 bridgehead atoms. The third kappa shape index (κ3) is 7.88. The lowest BCUT2D eigenvalue weighted by atomic mass is 10.0. The monoisotopic (exact) mass is 516 g/mol. The predicted octanol–water partition coefficient (Wildman–Crippen LogP) is 5.98. The van der Waals surface area contributed by atoms with Crippen LogP contribution >= 0.6 is 15.9 Å². The van der Waals surface area contributed by atoms with Crippen LogP contribution in [0.1, 0.15) is 69.6 Å². The van der Waals surface area contributed by atoms with Crippen LogP contribution in [0.2, 0.25) is 0 Å². The van der Waals surface area contributed by atoms with Crippen molar-refractivity contribution < 1.29 is 14.3 Å². The summed E-state index contributed by atoms with van der Waals surface area (Å²) in [6.45, 7) is 11.1. The number of nitrogens with zero attached hydrogens (tertiary/aromatic N) is 1. The molecular weight excluding hydrogens is 480 g/mol. The number of hydrogen-bond acceptors (Lipinski definition) is 3. The fraction of sp³-hybridized carbons (Fsp3) is 0.481. The van der Waals surface area contributed by atoms with Crippen molar-refractivity contribution in [2.24, 2.45) is 0 Å². The van der Waals surface area contributed by atoms with Crippen molar-refractivity contribution in [1.82, 2.24) is 10.2 Å². The SMILES string of the molecule is CCCCNC(=O)[C@H](CC)N(Cc1ccccc1C)C(=O)COc1ccc(C(C)C)cc1Br. The van der Waals surface area contributed by atoms with E-state index in [4.69, 9.17) is 4.74 Å². The Bertz CT molecular complexity index is 929. The van der Waals surface area contributed by atoms with E-state index >= 15 is 0 Å². The second kappa shape index (κ2) is 13.4. The molecule has 0 aliphatic rings. The second-order valence-corrected chi connectivity index (χ2v) is 9.50. The lowest BCUT2D eigenvalue weighted by molar-refractivity contribution is -0.143. The highest BCUT2D eigenvalue weighted by atomic mass is 79.9. The average Bonchev–Trinajstić information content (AvgIpc) is 2.79. The summed E-state index contributed by atoms with van der Waals surface area (Å²) in [6, 6.07) is 13.3. The van der Waals surface area contributed by atoms with Crippen LogP contribution in [-0.2, 0) is 16.1 Å². The maximum Gasteiger partial charge on any atom is 0.261 e. The Morgan fingerprint density at radius 1 is 1.12 bits per heavy atom. The van der Waals surface area contributed by atoms with E-state index in [2.05, 4.69) is 42.0 Å². The first-order valence-corrected chi connectivity index (χ1v) is 12.6. The van der Waals surface area contributed by atoms with E-state index < -0.39 is 6.04 Å². The Hall–Kier alpha value is -2.34. The first-order valence-electron chi connectivity index (χ1n) is 11.8. The van der Waals surface area contributed by atoms with E-state index in [-0.39, 0.29) is 18.4 Å². The highest BCUT2D eigenvalue weighted by molar-refractivity contribution is 9.10. The molecule has 1 N–H and O–H groups in total. The number of rotatable bonds is 12. The Balaban J connectivity index is 2.21. The van der Waals surface area contributed by atoms with Crippen molar-refractivity contribution in [3.8, 4) is 5.75 Å². The minimum Gasteiger partial charge on any atom is -0.483 e. The topological polar surface area (TPSA) is 58.6 Å². The fourth-order valence-electron chi connectivity index (χ4n) is 3.61. The molecule has 2 aromatic rings. The average molecular weight is 518 g/mol. The van der Waals surface area contributed by atoms with E-state index in [0.717, 1.165) is 28.4 Å². The van der Waals surface area contributed by atoms with Gasteiger partial charge < -0.3 is 15.0 Å². The molecule has 2 amide bonds. The number of aryl methyl sites for hydroxylation is 1. The number of benzene rings is 2. The largest absolute Gasteiger partial charge is 0.483 e. The molecule has 0 unspecified atom stereocenters. The molecule has 33 heavy (non-hydrogen) atoms. The van der Waals surface area contributed by atoms with E-state index in [0.29, 0.717) is 31.2 Å². The van der Waals surface area contributed by atoms with Crippen molar-refractivity contribution in [3.05, 3.63) is 63.6 Å². The molecule has 2 rings (SSSR count). The molecule has 0 saturated heterocycles. The number of halogens is 1. The minimum atomic E-state index is -0.552. The number of ether oxygens (including phenoxy) is 1. The standard InChI is InChI=1S/C27H37BrN2O3/c1-6-8-15-29-27(32)24(7-2)30(17-22-12-10-9-11-20(22)5)26(31)18-33-25-14-13-21(19(3)4)16-23(25)28/h9-14,16,19,24H,6-8,15,17-18H2,1-5H3,(H,29,32)/t24-/m0/s1. The number of hydrogen-bond donors (Lipinski definition) is 1. The first-order chi connectivity index (χ1) is 15.8. The highest BCUT2D eigenvalue weighted by Crippen LogP contribution is 2.29. The van der Waals surface area contributed by atoms with E-state index in [1.54, 1.807) is 4.90 Å². The van der Waals surface area contributed by atoms with Crippen molar-refractivity contribution in [3.63, 3.8) is 0 Å². The molecular formula is C27H37BrN2O3. The van der Waals surface area contributed by atoms with Gasteiger partial charge in [-0.3, -0.25) is 9.59 Å². The van der Waals surface area contributed by atoms with Crippen LogP contribution < -0.4 is 10.1 Å². The van der Waals surface area contributed by atoms with E-state index in [1.807, 2.05) is 56.3 Å². The number of amides is 2. The molecule has 6 heteroatoms. The Morgan fingerprint density at radius 2 is 1.85 bits per heavy atom. The smallest absolute Gasteiger partial charge is 0.261 e. The molecule has 5 nitrogen and oxygen atoms in total. The van der Waals surface area contributed by atoms with Crippen LogP contribution in [0, 0.1) is 6.92 Å². The summed E-state index contributed by atoms with van der Waals surface area (Å²) in [5.41, 5.74) is 3.30. The fourth-order valence-corrected chi connectivity index (χ4v) is 4.12. The third-order valence-electron chi connectivity index (χ3n) is 5.79. The van der Waals surface area contributed by atoms with Crippen LogP contribution in [0.4, 0.5) is 0 Å². The van der Waals surface area contributed by atoms with Crippen molar-refractivity contribution in [2.45, 2.75) is 72.4 Å². The summed E-state index contributed by atoms with van der Waals surface area (Å²) in [7, 11) is 0. The molecule has 2 aromatic carbocycles. The summed E-state index contributed by atoms with van der Waals surface area (Å²) < 4.78 is 6.70. The van der Waals surface area contributed by atoms with Gasteiger partial charge in [-0.05, 0) is 70.4 Å².